The van der Waals surface area contributed by atoms with E-state index in [0.717, 1.165) is 5.56 Å². The van der Waals surface area contributed by atoms with Gasteiger partial charge in [-0.2, -0.15) is 0 Å². The number of anilines is 1. The van der Waals surface area contributed by atoms with Gasteiger partial charge >= 0.3 is 0 Å². The zero-order valence-electron chi connectivity index (χ0n) is 16.0. The van der Waals surface area contributed by atoms with Crippen molar-refractivity contribution in [2.24, 2.45) is 5.73 Å². The maximum Gasteiger partial charge on any atom is 0.265 e. The van der Waals surface area contributed by atoms with Crippen LogP contribution in [0, 0.1) is 0 Å². The average molecular weight is 390 g/mol. The van der Waals surface area contributed by atoms with E-state index in [1.807, 2.05) is 30.3 Å². The summed E-state index contributed by atoms with van der Waals surface area (Å²) in [5, 5.41) is 2.80. The topological polar surface area (TPSA) is 90.7 Å². The molecule has 3 aromatic rings. The first kappa shape index (κ1) is 19.9. The van der Waals surface area contributed by atoms with Gasteiger partial charge in [0, 0.05) is 11.3 Å². The van der Waals surface area contributed by atoms with Gasteiger partial charge in [0.05, 0.1) is 0 Å². The molecule has 148 valence electrons. The minimum Gasteiger partial charge on any atom is -0.489 e. The Morgan fingerprint density at radius 2 is 1.52 bits per heavy atom. The van der Waals surface area contributed by atoms with Gasteiger partial charge in [0.1, 0.15) is 18.1 Å². The van der Waals surface area contributed by atoms with E-state index < -0.39 is 12.0 Å². The molecule has 0 aliphatic carbocycles. The van der Waals surface area contributed by atoms with Crippen LogP contribution in [0.3, 0.4) is 0 Å². The second kappa shape index (κ2) is 9.41. The Labute approximate surface area is 169 Å². The number of amides is 2. The van der Waals surface area contributed by atoms with Crippen molar-refractivity contribution in [3.05, 3.63) is 90.0 Å². The third-order valence-electron chi connectivity index (χ3n) is 4.19. The Balaban J connectivity index is 1.51. The molecule has 3 N–H and O–H groups in total. The van der Waals surface area contributed by atoms with E-state index in [9.17, 15) is 9.59 Å². The number of primary amides is 1. The zero-order valence-corrected chi connectivity index (χ0v) is 16.0. The van der Waals surface area contributed by atoms with Gasteiger partial charge < -0.3 is 20.5 Å². The molecule has 0 heterocycles. The van der Waals surface area contributed by atoms with E-state index in [1.54, 1.807) is 55.5 Å². The first-order chi connectivity index (χ1) is 14.0. The summed E-state index contributed by atoms with van der Waals surface area (Å²) in [4.78, 5) is 23.4. The van der Waals surface area contributed by atoms with Crippen molar-refractivity contribution < 1.29 is 19.1 Å². The Kier molecular flexibility index (Phi) is 6.47. The number of nitrogens with two attached hydrogens (primary N) is 1. The molecule has 0 saturated heterocycles. The van der Waals surface area contributed by atoms with Crippen LogP contribution in [0.25, 0.3) is 0 Å². The van der Waals surface area contributed by atoms with Gasteiger partial charge in [-0.25, -0.2) is 0 Å². The van der Waals surface area contributed by atoms with Crippen molar-refractivity contribution in [3.8, 4) is 11.5 Å². The fourth-order valence-electron chi connectivity index (χ4n) is 2.57. The highest BCUT2D eigenvalue weighted by Gasteiger charge is 2.15. The van der Waals surface area contributed by atoms with Crippen LogP contribution in [0.15, 0.2) is 78.9 Å². The lowest BCUT2D eigenvalue weighted by Crippen LogP contribution is -2.30. The molecule has 3 rings (SSSR count). The highest BCUT2D eigenvalue weighted by molar-refractivity contribution is 5.94. The number of hydrogen-bond donors (Lipinski definition) is 2. The van der Waals surface area contributed by atoms with Gasteiger partial charge in [-0.15, -0.1) is 0 Å². The lowest BCUT2D eigenvalue weighted by Gasteiger charge is -2.15. The van der Waals surface area contributed by atoms with Gasteiger partial charge in [-0.1, -0.05) is 30.3 Å². The van der Waals surface area contributed by atoms with Crippen molar-refractivity contribution in [2.45, 2.75) is 19.6 Å². The monoisotopic (exact) mass is 390 g/mol. The predicted octanol–water partition coefficient (Wildman–Crippen LogP) is 3.77. The Morgan fingerprint density at radius 3 is 2.14 bits per heavy atom. The maximum atomic E-state index is 12.3. The van der Waals surface area contributed by atoms with E-state index in [0.29, 0.717) is 29.4 Å². The molecule has 6 nitrogen and oxygen atoms in total. The summed E-state index contributed by atoms with van der Waals surface area (Å²) < 4.78 is 11.3. The lowest BCUT2D eigenvalue weighted by molar-refractivity contribution is -0.122. The smallest absolute Gasteiger partial charge is 0.265 e. The Morgan fingerprint density at radius 1 is 0.897 bits per heavy atom. The number of rotatable bonds is 8. The third kappa shape index (κ3) is 5.84. The molecular weight excluding hydrogens is 368 g/mol. The molecule has 2 amide bonds. The van der Waals surface area contributed by atoms with E-state index in [4.69, 9.17) is 15.2 Å². The van der Waals surface area contributed by atoms with Gasteiger partial charge in [0.2, 0.25) is 5.91 Å². The van der Waals surface area contributed by atoms with Crippen molar-refractivity contribution in [2.75, 3.05) is 5.32 Å². The highest BCUT2D eigenvalue weighted by Crippen LogP contribution is 2.18. The molecule has 0 aliphatic heterocycles. The molecular formula is C23H22N2O4. The average Bonchev–Trinajstić information content (AvgIpc) is 2.74. The van der Waals surface area contributed by atoms with Crippen LogP contribution in [0.2, 0.25) is 0 Å². The lowest BCUT2D eigenvalue weighted by atomic mass is 10.2. The van der Waals surface area contributed by atoms with Crippen LogP contribution in [-0.2, 0) is 11.4 Å². The Bertz CT molecular complexity index is 954. The van der Waals surface area contributed by atoms with Crippen LogP contribution >= 0.6 is 0 Å². The summed E-state index contributed by atoms with van der Waals surface area (Å²) in [6.07, 6.45) is -0.719. The molecule has 29 heavy (non-hydrogen) atoms. The molecule has 6 heteroatoms. The summed E-state index contributed by atoms with van der Waals surface area (Å²) in [5.74, 6) is 0.383. The summed E-state index contributed by atoms with van der Waals surface area (Å²) >= 11 is 0. The van der Waals surface area contributed by atoms with E-state index in [-0.39, 0.29) is 5.91 Å². The molecule has 1 unspecified atom stereocenters. The number of nitrogens with one attached hydrogen (secondary N) is 1. The van der Waals surface area contributed by atoms with E-state index >= 15 is 0 Å². The van der Waals surface area contributed by atoms with Gasteiger partial charge in [-0.3, -0.25) is 9.59 Å². The van der Waals surface area contributed by atoms with Crippen LogP contribution in [0.4, 0.5) is 5.69 Å². The third-order valence-corrected chi connectivity index (χ3v) is 4.19. The quantitative estimate of drug-likeness (QED) is 0.613. The molecule has 1 atom stereocenters. The molecule has 0 bridgehead atoms. The van der Waals surface area contributed by atoms with Gasteiger partial charge in [0.25, 0.3) is 5.91 Å². The number of hydrogen-bond acceptors (Lipinski definition) is 4. The summed E-state index contributed by atoms with van der Waals surface area (Å²) in [7, 11) is 0. The second-order valence-electron chi connectivity index (χ2n) is 6.44. The van der Waals surface area contributed by atoms with Crippen LogP contribution in [0.5, 0.6) is 11.5 Å². The van der Waals surface area contributed by atoms with Crippen LogP contribution in [-0.4, -0.2) is 17.9 Å². The number of carbonyl (C=O) groups is 2. The second-order valence-corrected chi connectivity index (χ2v) is 6.44. The molecule has 0 fully saturated rings. The van der Waals surface area contributed by atoms with Crippen molar-refractivity contribution in [1.82, 2.24) is 0 Å². The van der Waals surface area contributed by atoms with Gasteiger partial charge in [0.15, 0.2) is 6.10 Å². The molecule has 0 aliphatic rings. The summed E-state index contributed by atoms with van der Waals surface area (Å²) in [6.45, 7) is 2.13. The van der Waals surface area contributed by atoms with Gasteiger partial charge in [-0.05, 0) is 61.0 Å². The molecule has 0 spiro atoms. The molecule has 0 aromatic heterocycles. The summed E-state index contributed by atoms with van der Waals surface area (Å²) in [6, 6.07) is 23.3. The summed E-state index contributed by atoms with van der Waals surface area (Å²) in [5.41, 5.74) is 7.31. The van der Waals surface area contributed by atoms with Crippen molar-refractivity contribution in [3.63, 3.8) is 0 Å². The van der Waals surface area contributed by atoms with E-state index in [2.05, 4.69) is 5.32 Å². The van der Waals surface area contributed by atoms with E-state index in [1.165, 1.54) is 0 Å². The zero-order chi connectivity index (χ0) is 20.6. The number of ether oxygens (including phenoxy) is 2. The maximum absolute atomic E-state index is 12.3. The minimum atomic E-state index is -0.719. The normalized spacial score (nSPS) is 11.3. The minimum absolute atomic E-state index is 0.290. The first-order valence-electron chi connectivity index (χ1n) is 9.15. The SMILES string of the molecule is CC(Oc1ccc(C(N)=O)cc1)C(=O)Nc1ccc(OCc2ccccc2)cc1. The molecule has 0 radical (unpaired) electrons. The fraction of sp³-hybridized carbons (Fsp3) is 0.130. The molecule has 0 saturated carbocycles. The fourth-order valence-corrected chi connectivity index (χ4v) is 2.57. The van der Waals surface area contributed by atoms with Crippen LogP contribution < -0.4 is 20.5 Å². The Hall–Kier alpha value is -3.80. The largest absolute Gasteiger partial charge is 0.489 e. The predicted molar refractivity (Wildman–Crippen MR) is 111 cm³/mol. The number of benzene rings is 3. The molecule has 3 aromatic carbocycles. The van der Waals surface area contributed by atoms with Crippen LogP contribution in [0.1, 0.15) is 22.8 Å². The highest BCUT2D eigenvalue weighted by atomic mass is 16.5. The first-order valence-corrected chi connectivity index (χ1v) is 9.15. The number of carbonyl (C=O) groups excluding carboxylic acids is 2. The van der Waals surface area contributed by atoms with Crippen molar-refractivity contribution >= 4 is 17.5 Å². The standard InChI is InChI=1S/C23H22N2O4/c1-16(29-21-11-7-18(8-12-21)22(24)26)23(27)25-19-9-13-20(14-10-19)28-15-17-5-3-2-4-6-17/h2-14,16H,15H2,1H3,(H2,24,26)(H,25,27). The van der Waals surface area contributed by atoms with Crippen molar-refractivity contribution in [1.29, 1.82) is 0 Å².